The van der Waals surface area contributed by atoms with Crippen molar-refractivity contribution in [2.24, 2.45) is 10.9 Å². The second-order valence-corrected chi connectivity index (χ2v) is 6.46. The third-order valence-corrected chi connectivity index (χ3v) is 4.86. The SMILES string of the molecule is Fc1ccc(C2NC(C3CCCNC3)=NC2c2ccncc2)cc1. The number of piperidine rings is 1. The number of amidine groups is 1. The summed E-state index contributed by atoms with van der Waals surface area (Å²) in [4.78, 5) is 9.11. The van der Waals surface area contributed by atoms with Gasteiger partial charge in [0.15, 0.2) is 0 Å². The predicted octanol–water partition coefficient (Wildman–Crippen LogP) is 3.00. The number of nitrogens with one attached hydrogen (secondary N) is 2. The summed E-state index contributed by atoms with van der Waals surface area (Å²) < 4.78 is 13.3. The lowest BCUT2D eigenvalue weighted by Gasteiger charge is -2.24. The van der Waals surface area contributed by atoms with Gasteiger partial charge in [-0.15, -0.1) is 0 Å². The second kappa shape index (κ2) is 6.69. The van der Waals surface area contributed by atoms with Crippen LogP contribution in [0.5, 0.6) is 0 Å². The Balaban J connectivity index is 1.66. The molecule has 1 aromatic carbocycles. The van der Waals surface area contributed by atoms with Crippen molar-refractivity contribution < 1.29 is 4.39 Å². The molecule has 0 radical (unpaired) electrons. The third kappa shape index (κ3) is 3.04. The number of halogens is 1. The highest BCUT2D eigenvalue weighted by atomic mass is 19.1. The lowest BCUT2D eigenvalue weighted by Crippen LogP contribution is -2.39. The number of aromatic nitrogens is 1. The highest BCUT2D eigenvalue weighted by Crippen LogP contribution is 2.37. The molecule has 3 heterocycles. The van der Waals surface area contributed by atoms with Crippen molar-refractivity contribution in [3.63, 3.8) is 0 Å². The van der Waals surface area contributed by atoms with E-state index in [4.69, 9.17) is 4.99 Å². The van der Waals surface area contributed by atoms with Crippen LogP contribution in [0.15, 0.2) is 53.8 Å². The molecule has 1 aromatic heterocycles. The Labute approximate surface area is 141 Å². The standard InChI is InChI=1S/C19H21FN4/c20-16-5-3-13(4-6-16)17-18(14-7-10-21-11-8-14)24-19(23-17)15-2-1-9-22-12-15/h3-8,10-11,15,17-18,22H,1-2,9,12H2,(H,23,24). The highest BCUT2D eigenvalue weighted by molar-refractivity contribution is 5.87. The fraction of sp³-hybridized carbons (Fsp3) is 0.368. The molecule has 1 saturated heterocycles. The fourth-order valence-electron chi connectivity index (χ4n) is 3.57. The van der Waals surface area contributed by atoms with Crippen molar-refractivity contribution in [3.8, 4) is 0 Å². The molecule has 124 valence electrons. The van der Waals surface area contributed by atoms with Gasteiger partial charge in [-0.25, -0.2) is 4.39 Å². The largest absolute Gasteiger partial charge is 0.364 e. The number of pyridine rings is 1. The third-order valence-electron chi connectivity index (χ3n) is 4.86. The van der Waals surface area contributed by atoms with Gasteiger partial charge in [0.2, 0.25) is 0 Å². The Kier molecular flexibility index (Phi) is 4.26. The maximum Gasteiger partial charge on any atom is 0.123 e. The number of hydrogen-bond acceptors (Lipinski definition) is 4. The van der Waals surface area contributed by atoms with E-state index in [9.17, 15) is 4.39 Å². The van der Waals surface area contributed by atoms with E-state index in [0.717, 1.165) is 36.5 Å². The molecule has 5 heteroatoms. The summed E-state index contributed by atoms with van der Waals surface area (Å²) in [7, 11) is 0. The maximum atomic E-state index is 13.3. The molecule has 2 aromatic rings. The van der Waals surface area contributed by atoms with Gasteiger partial charge >= 0.3 is 0 Å². The van der Waals surface area contributed by atoms with Crippen molar-refractivity contribution in [1.82, 2.24) is 15.6 Å². The van der Waals surface area contributed by atoms with Gasteiger partial charge in [-0.3, -0.25) is 9.98 Å². The Hall–Kier alpha value is -2.27. The molecule has 3 unspecified atom stereocenters. The monoisotopic (exact) mass is 324 g/mol. The number of aliphatic imine (C=N–C) groups is 1. The number of benzene rings is 1. The van der Waals surface area contributed by atoms with Crippen LogP contribution in [0, 0.1) is 11.7 Å². The molecule has 1 fully saturated rings. The van der Waals surface area contributed by atoms with E-state index in [-0.39, 0.29) is 17.9 Å². The van der Waals surface area contributed by atoms with E-state index in [0.29, 0.717) is 5.92 Å². The Morgan fingerprint density at radius 3 is 2.50 bits per heavy atom. The molecule has 2 aliphatic heterocycles. The normalized spacial score (nSPS) is 26.7. The minimum absolute atomic E-state index is 0.00427. The molecule has 2 aliphatic rings. The van der Waals surface area contributed by atoms with E-state index in [1.165, 1.54) is 18.6 Å². The van der Waals surface area contributed by atoms with Crippen LogP contribution >= 0.6 is 0 Å². The maximum absolute atomic E-state index is 13.3. The van der Waals surface area contributed by atoms with Gasteiger partial charge in [0.25, 0.3) is 0 Å². The van der Waals surface area contributed by atoms with Gasteiger partial charge in [-0.1, -0.05) is 12.1 Å². The topological polar surface area (TPSA) is 49.3 Å². The van der Waals surface area contributed by atoms with Crippen molar-refractivity contribution in [2.75, 3.05) is 13.1 Å². The van der Waals surface area contributed by atoms with Gasteiger partial charge in [0, 0.05) is 24.9 Å². The first kappa shape index (κ1) is 15.3. The second-order valence-electron chi connectivity index (χ2n) is 6.46. The van der Waals surface area contributed by atoms with Crippen molar-refractivity contribution in [2.45, 2.75) is 24.9 Å². The number of nitrogens with zero attached hydrogens (tertiary/aromatic N) is 2. The van der Waals surface area contributed by atoms with Crippen LogP contribution in [0.25, 0.3) is 0 Å². The molecule has 2 N–H and O–H groups in total. The first-order valence-electron chi connectivity index (χ1n) is 8.51. The predicted molar refractivity (Wildman–Crippen MR) is 92.3 cm³/mol. The van der Waals surface area contributed by atoms with Gasteiger partial charge in [0.1, 0.15) is 17.7 Å². The lowest BCUT2D eigenvalue weighted by molar-refractivity contribution is 0.450. The van der Waals surface area contributed by atoms with Gasteiger partial charge < -0.3 is 10.6 Å². The van der Waals surface area contributed by atoms with E-state index in [1.54, 1.807) is 12.4 Å². The van der Waals surface area contributed by atoms with Crippen LogP contribution in [-0.2, 0) is 0 Å². The molecule has 0 amide bonds. The van der Waals surface area contributed by atoms with Crippen molar-refractivity contribution in [1.29, 1.82) is 0 Å². The first-order valence-corrected chi connectivity index (χ1v) is 8.51. The van der Waals surface area contributed by atoms with Crippen molar-refractivity contribution >= 4 is 5.84 Å². The van der Waals surface area contributed by atoms with Crippen LogP contribution in [0.1, 0.15) is 36.1 Å². The Bertz CT molecular complexity index is 708. The summed E-state index contributed by atoms with van der Waals surface area (Å²) in [5.74, 6) is 1.28. The smallest absolute Gasteiger partial charge is 0.123 e. The minimum Gasteiger partial charge on any atom is -0.364 e. The zero-order valence-electron chi connectivity index (χ0n) is 13.5. The van der Waals surface area contributed by atoms with Gasteiger partial charge in [-0.05, 0) is 54.8 Å². The Morgan fingerprint density at radius 2 is 1.79 bits per heavy atom. The molecule has 0 saturated carbocycles. The fourth-order valence-corrected chi connectivity index (χ4v) is 3.57. The Morgan fingerprint density at radius 1 is 1.00 bits per heavy atom. The lowest BCUT2D eigenvalue weighted by atomic mass is 9.95. The molecule has 0 spiro atoms. The van der Waals surface area contributed by atoms with E-state index >= 15 is 0 Å². The summed E-state index contributed by atoms with van der Waals surface area (Å²) in [6.07, 6.45) is 5.92. The van der Waals surface area contributed by atoms with Crippen LogP contribution in [0.2, 0.25) is 0 Å². The van der Waals surface area contributed by atoms with Crippen molar-refractivity contribution in [3.05, 3.63) is 65.7 Å². The summed E-state index contributed by atoms with van der Waals surface area (Å²) in [6, 6.07) is 10.8. The summed E-state index contributed by atoms with van der Waals surface area (Å²) in [5, 5.41) is 7.06. The quantitative estimate of drug-likeness (QED) is 0.912. The van der Waals surface area contributed by atoms with E-state index < -0.39 is 0 Å². The molecular formula is C19H21FN4. The summed E-state index contributed by atoms with van der Waals surface area (Å²) >= 11 is 0. The summed E-state index contributed by atoms with van der Waals surface area (Å²) in [5.41, 5.74) is 2.19. The molecular weight excluding hydrogens is 303 g/mol. The van der Waals surface area contributed by atoms with Crippen LogP contribution < -0.4 is 10.6 Å². The first-order chi connectivity index (χ1) is 11.8. The van der Waals surface area contributed by atoms with E-state index in [1.807, 2.05) is 24.3 Å². The number of hydrogen-bond donors (Lipinski definition) is 2. The minimum atomic E-state index is -0.213. The van der Waals surface area contributed by atoms with Gasteiger partial charge in [0.05, 0.1) is 6.04 Å². The van der Waals surface area contributed by atoms with Crippen LogP contribution in [0.3, 0.4) is 0 Å². The molecule has 3 atom stereocenters. The molecule has 4 rings (SSSR count). The van der Waals surface area contributed by atoms with Crippen LogP contribution in [-0.4, -0.2) is 23.9 Å². The zero-order chi connectivity index (χ0) is 16.4. The van der Waals surface area contributed by atoms with E-state index in [2.05, 4.69) is 15.6 Å². The van der Waals surface area contributed by atoms with Crippen LogP contribution in [0.4, 0.5) is 4.39 Å². The average molecular weight is 324 g/mol. The molecule has 0 aliphatic carbocycles. The average Bonchev–Trinajstić information content (AvgIpc) is 3.09. The molecule has 24 heavy (non-hydrogen) atoms. The van der Waals surface area contributed by atoms with Gasteiger partial charge in [-0.2, -0.15) is 0 Å². The summed E-state index contributed by atoms with van der Waals surface area (Å²) in [6.45, 7) is 2.05. The molecule has 0 bridgehead atoms. The zero-order valence-corrected chi connectivity index (χ0v) is 13.5. The highest BCUT2D eigenvalue weighted by Gasteiger charge is 2.34. The molecule has 4 nitrogen and oxygen atoms in total. The number of rotatable bonds is 3.